The van der Waals surface area contributed by atoms with Crippen LogP contribution < -0.4 is 5.32 Å². The minimum absolute atomic E-state index is 0.0158. The van der Waals surface area contributed by atoms with Crippen LogP contribution in [0.15, 0.2) is 18.3 Å². The van der Waals surface area contributed by atoms with Gasteiger partial charge in [0.05, 0.1) is 11.1 Å². The number of nitrogens with zero attached hydrogens (tertiary/aromatic N) is 1. The molecule has 0 spiro atoms. The number of rotatable bonds is 5. The van der Waals surface area contributed by atoms with Crippen LogP contribution in [0.5, 0.6) is 0 Å². The lowest BCUT2D eigenvalue weighted by atomic mass is 10.3. The van der Waals surface area contributed by atoms with Crippen molar-refractivity contribution in [1.82, 2.24) is 4.98 Å². The SMILES string of the molecule is CC[C@H](C)OCC(=O)Nc1ncccc1Cl. The molecular formula is C11H15ClN2O2. The van der Waals surface area contributed by atoms with Crippen LogP contribution in [0.3, 0.4) is 0 Å². The van der Waals surface area contributed by atoms with Gasteiger partial charge in [-0.2, -0.15) is 0 Å². The van der Waals surface area contributed by atoms with Crippen molar-refractivity contribution in [3.05, 3.63) is 23.4 Å². The van der Waals surface area contributed by atoms with Gasteiger partial charge in [0.25, 0.3) is 5.91 Å². The van der Waals surface area contributed by atoms with Gasteiger partial charge in [-0.05, 0) is 25.5 Å². The van der Waals surface area contributed by atoms with Gasteiger partial charge in [-0.25, -0.2) is 4.98 Å². The Bertz CT molecular complexity index is 358. The highest BCUT2D eigenvalue weighted by molar-refractivity contribution is 6.33. The highest BCUT2D eigenvalue weighted by Gasteiger charge is 2.08. The van der Waals surface area contributed by atoms with Crippen LogP contribution in [0.25, 0.3) is 0 Å². The summed E-state index contributed by atoms with van der Waals surface area (Å²) in [6.45, 7) is 3.93. The smallest absolute Gasteiger partial charge is 0.251 e. The number of hydrogen-bond donors (Lipinski definition) is 1. The molecule has 1 N–H and O–H groups in total. The van der Waals surface area contributed by atoms with E-state index in [9.17, 15) is 4.79 Å². The largest absolute Gasteiger partial charge is 0.369 e. The summed E-state index contributed by atoms with van der Waals surface area (Å²) >= 11 is 5.84. The monoisotopic (exact) mass is 242 g/mol. The predicted molar refractivity (Wildman–Crippen MR) is 63.6 cm³/mol. The summed E-state index contributed by atoms with van der Waals surface area (Å²) in [4.78, 5) is 15.4. The zero-order valence-corrected chi connectivity index (χ0v) is 10.1. The molecule has 1 rings (SSSR count). The summed E-state index contributed by atoms with van der Waals surface area (Å²) in [5.41, 5.74) is 0. The minimum Gasteiger partial charge on any atom is -0.369 e. The topological polar surface area (TPSA) is 51.2 Å². The third kappa shape index (κ3) is 4.16. The fourth-order valence-electron chi connectivity index (χ4n) is 0.982. The van der Waals surface area contributed by atoms with E-state index in [1.807, 2.05) is 13.8 Å². The van der Waals surface area contributed by atoms with Gasteiger partial charge < -0.3 is 10.1 Å². The number of carbonyl (C=O) groups excluding carboxylic acids is 1. The van der Waals surface area contributed by atoms with Crippen molar-refractivity contribution >= 4 is 23.3 Å². The second kappa shape index (κ2) is 6.45. The molecule has 0 radical (unpaired) electrons. The quantitative estimate of drug-likeness (QED) is 0.863. The first kappa shape index (κ1) is 12.9. The minimum atomic E-state index is -0.249. The molecule has 4 nitrogen and oxygen atoms in total. The fraction of sp³-hybridized carbons (Fsp3) is 0.455. The molecule has 0 fully saturated rings. The van der Waals surface area contributed by atoms with Crippen LogP contribution in [-0.4, -0.2) is 23.6 Å². The van der Waals surface area contributed by atoms with E-state index in [0.717, 1.165) is 6.42 Å². The van der Waals surface area contributed by atoms with Gasteiger partial charge in [-0.3, -0.25) is 4.79 Å². The Labute approximate surface area is 100.0 Å². The first-order chi connectivity index (χ1) is 7.63. The lowest BCUT2D eigenvalue weighted by Gasteiger charge is -2.10. The van der Waals surface area contributed by atoms with E-state index in [1.165, 1.54) is 0 Å². The Balaban J connectivity index is 2.43. The van der Waals surface area contributed by atoms with Crippen LogP contribution in [0, 0.1) is 0 Å². The molecule has 0 saturated heterocycles. The molecule has 1 atom stereocenters. The molecule has 88 valence electrons. The van der Waals surface area contributed by atoms with E-state index in [1.54, 1.807) is 18.3 Å². The maximum Gasteiger partial charge on any atom is 0.251 e. The number of anilines is 1. The Kier molecular flexibility index (Phi) is 5.22. The van der Waals surface area contributed by atoms with Crippen molar-refractivity contribution in [3.8, 4) is 0 Å². The maximum absolute atomic E-state index is 11.5. The molecule has 0 aromatic carbocycles. The van der Waals surface area contributed by atoms with Gasteiger partial charge in [0, 0.05) is 6.20 Å². The van der Waals surface area contributed by atoms with Crippen molar-refractivity contribution in [2.24, 2.45) is 0 Å². The lowest BCUT2D eigenvalue weighted by molar-refractivity contribution is -0.122. The Morgan fingerprint density at radius 1 is 1.69 bits per heavy atom. The van der Waals surface area contributed by atoms with E-state index in [-0.39, 0.29) is 18.6 Å². The van der Waals surface area contributed by atoms with E-state index in [4.69, 9.17) is 16.3 Å². The zero-order valence-electron chi connectivity index (χ0n) is 9.37. The van der Waals surface area contributed by atoms with E-state index < -0.39 is 0 Å². The highest BCUT2D eigenvalue weighted by atomic mass is 35.5. The fourth-order valence-corrected chi connectivity index (χ4v) is 1.15. The van der Waals surface area contributed by atoms with Gasteiger partial charge in [0.1, 0.15) is 6.61 Å². The second-order valence-corrected chi connectivity index (χ2v) is 3.82. The average molecular weight is 243 g/mol. The first-order valence-corrected chi connectivity index (χ1v) is 5.53. The van der Waals surface area contributed by atoms with Crippen molar-refractivity contribution in [3.63, 3.8) is 0 Å². The molecule has 0 aliphatic heterocycles. The molecule has 0 saturated carbocycles. The summed E-state index contributed by atoms with van der Waals surface area (Å²) < 4.78 is 5.28. The molecule has 0 aliphatic carbocycles. The van der Waals surface area contributed by atoms with Gasteiger partial charge >= 0.3 is 0 Å². The van der Waals surface area contributed by atoms with Crippen LogP contribution in [0.1, 0.15) is 20.3 Å². The standard InChI is InChI=1S/C11H15ClN2O2/c1-3-8(2)16-7-10(15)14-11-9(12)5-4-6-13-11/h4-6,8H,3,7H2,1-2H3,(H,13,14,15)/t8-/m0/s1. The molecule has 5 heteroatoms. The molecule has 1 aromatic heterocycles. The average Bonchev–Trinajstić information content (AvgIpc) is 2.29. The second-order valence-electron chi connectivity index (χ2n) is 3.41. The summed E-state index contributed by atoms with van der Waals surface area (Å²) in [7, 11) is 0. The van der Waals surface area contributed by atoms with Gasteiger partial charge in [-0.15, -0.1) is 0 Å². The first-order valence-electron chi connectivity index (χ1n) is 5.15. The molecule has 16 heavy (non-hydrogen) atoms. The number of amides is 1. The molecule has 1 aromatic rings. The number of ether oxygens (including phenoxy) is 1. The Morgan fingerprint density at radius 3 is 3.06 bits per heavy atom. The number of halogens is 1. The molecule has 1 heterocycles. The summed E-state index contributed by atoms with van der Waals surface area (Å²) in [6.07, 6.45) is 2.51. The molecule has 0 bridgehead atoms. The summed E-state index contributed by atoms with van der Waals surface area (Å²) in [5, 5.41) is 3.00. The lowest BCUT2D eigenvalue weighted by Crippen LogP contribution is -2.22. The third-order valence-electron chi connectivity index (χ3n) is 2.09. The van der Waals surface area contributed by atoms with E-state index in [2.05, 4.69) is 10.3 Å². The summed E-state index contributed by atoms with van der Waals surface area (Å²) in [6, 6.07) is 3.37. The van der Waals surface area contributed by atoms with E-state index >= 15 is 0 Å². The number of nitrogens with one attached hydrogen (secondary N) is 1. The molecular weight excluding hydrogens is 228 g/mol. The number of carbonyl (C=O) groups is 1. The maximum atomic E-state index is 11.5. The Hall–Kier alpha value is -1.13. The molecule has 0 aliphatic rings. The predicted octanol–water partition coefficient (Wildman–Crippen LogP) is 2.49. The number of hydrogen-bond acceptors (Lipinski definition) is 3. The number of pyridine rings is 1. The van der Waals surface area contributed by atoms with Crippen molar-refractivity contribution in [1.29, 1.82) is 0 Å². The van der Waals surface area contributed by atoms with Crippen molar-refractivity contribution in [2.45, 2.75) is 26.4 Å². The van der Waals surface area contributed by atoms with Crippen LogP contribution >= 0.6 is 11.6 Å². The Morgan fingerprint density at radius 2 is 2.44 bits per heavy atom. The van der Waals surface area contributed by atoms with Gasteiger partial charge in [0.2, 0.25) is 0 Å². The van der Waals surface area contributed by atoms with Crippen molar-refractivity contribution < 1.29 is 9.53 Å². The third-order valence-corrected chi connectivity index (χ3v) is 2.40. The van der Waals surface area contributed by atoms with Crippen LogP contribution in [-0.2, 0) is 9.53 Å². The van der Waals surface area contributed by atoms with Crippen molar-refractivity contribution in [2.75, 3.05) is 11.9 Å². The van der Waals surface area contributed by atoms with Gasteiger partial charge in [0.15, 0.2) is 5.82 Å². The summed E-state index contributed by atoms with van der Waals surface area (Å²) in [5.74, 6) is 0.114. The number of aromatic nitrogens is 1. The normalized spacial score (nSPS) is 12.2. The van der Waals surface area contributed by atoms with E-state index in [0.29, 0.717) is 10.8 Å². The van der Waals surface area contributed by atoms with Gasteiger partial charge in [-0.1, -0.05) is 18.5 Å². The zero-order chi connectivity index (χ0) is 12.0. The van der Waals surface area contributed by atoms with Crippen LogP contribution in [0.2, 0.25) is 5.02 Å². The molecule has 1 amide bonds. The van der Waals surface area contributed by atoms with Crippen LogP contribution in [0.4, 0.5) is 5.82 Å². The molecule has 0 unspecified atom stereocenters. The highest BCUT2D eigenvalue weighted by Crippen LogP contribution is 2.16.